The number of aromatic nitrogens is 14. The van der Waals surface area contributed by atoms with Crippen molar-refractivity contribution >= 4 is 43.6 Å². The highest BCUT2D eigenvalue weighted by molar-refractivity contribution is 6.13. The molecule has 18 heteroatoms. The van der Waals surface area contributed by atoms with Crippen molar-refractivity contribution < 1.29 is 17.6 Å². The van der Waals surface area contributed by atoms with Crippen molar-refractivity contribution in [1.82, 2.24) is 68.9 Å². The molecule has 0 saturated heterocycles. The summed E-state index contributed by atoms with van der Waals surface area (Å²) in [5, 5.41) is 3.37. The second-order valence-corrected chi connectivity index (χ2v) is 31.3. The van der Waals surface area contributed by atoms with Crippen molar-refractivity contribution in [3.63, 3.8) is 0 Å². The Bertz CT molecular complexity index is 7660. The van der Waals surface area contributed by atoms with E-state index in [0.717, 1.165) is 111 Å². The predicted molar refractivity (Wildman–Crippen MR) is 499 cm³/mol. The quantitative estimate of drug-likeness (QED) is 0.0748. The van der Waals surface area contributed by atoms with E-state index < -0.39 is 23.3 Å². The summed E-state index contributed by atoms with van der Waals surface area (Å²) in [5.74, 6) is 1.90. The van der Waals surface area contributed by atoms with Crippen molar-refractivity contribution in [2.75, 3.05) is 0 Å². The van der Waals surface area contributed by atoms with Gasteiger partial charge >= 0.3 is 0 Å². The maximum absolute atomic E-state index is 18.3. The smallest absolute Gasteiger partial charge is 0.166 e. The van der Waals surface area contributed by atoms with E-state index in [1.807, 2.05) is 310 Å². The predicted octanol–water partition coefficient (Wildman–Crippen LogP) is 26.4. The molecule has 0 N–H and O–H groups in total. The van der Waals surface area contributed by atoms with Crippen molar-refractivity contribution in [3.8, 4) is 170 Å². The van der Waals surface area contributed by atoms with Crippen LogP contribution in [0.5, 0.6) is 0 Å². The first-order valence-corrected chi connectivity index (χ1v) is 41.8. The zero-order valence-electron chi connectivity index (χ0n) is 68.4. The molecule has 0 fully saturated rings. The van der Waals surface area contributed by atoms with Gasteiger partial charge in [-0.15, -0.1) is 0 Å². The normalized spacial score (nSPS) is 11.5. The number of halogens is 4. The molecular weight excluding hydrogens is 1590 g/mol. The van der Waals surface area contributed by atoms with E-state index in [4.69, 9.17) is 59.8 Å². The molecule has 128 heavy (non-hydrogen) atoms. The summed E-state index contributed by atoms with van der Waals surface area (Å²) in [4.78, 5) is 62.3. The first-order chi connectivity index (χ1) is 62.9. The van der Waals surface area contributed by atoms with Crippen molar-refractivity contribution in [3.05, 3.63) is 422 Å². The summed E-state index contributed by atoms with van der Waals surface area (Å²) in [6, 6.07) is 120. The zero-order valence-corrected chi connectivity index (χ0v) is 68.4. The van der Waals surface area contributed by atoms with E-state index in [-0.39, 0.29) is 23.4 Å². The van der Waals surface area contributed by atoms with Gasteiger partial charge in [0.2, 0.25) is 0 Å². The summed E-state index contributed by atoms with van der Waals surface area (Å²) in [5.41, 5.74) is 16.0. The summed E-state index contributed by atoms with van der Waals surface area (Å²) < 4.78 is 70.9. The van der Waals surface area contributed by atoms with Gasteiger partial charge in [-0.1, -0.05) is 279 Å². The highest BCUT2D eigenvalue weighted by atomic mass is 19.1. The topological polar surface area (TPSA) is 165 Å². The Kier molecular flexibility index (Phi) is 19.6. The van der Waals surface area contributed by atoms with E-state index in [9.17, 15) is 4.39 Å². The van der Waals surface area contributed by atoms with Gasteiger partial charge in [-0.05, 0) is 132 Å². The molecule has 6 heterocycles. The van der Waals surface area contributed by atoms with Crippen LogP contribution in [0.4, 0.5) is 17.6 Å². The van der Waals surface area contributed by atoms with Crippen LogP contribution in [0.25, 0.3) is 214 Å². The first kappa shape index (κ1) is 77.0. The Morgan fingerprint density at radius 3 is 0.984 bits per heavy atom. The van der Waals surface area contributed by atoms with Crippen LogP contribution in [0, 0.1) is 30.2 Å². The van der Waals surface area contributed by atoms with E-state index in [1.54, 1.807) is 0 Å². The van der Waals surface area contributed by atoms with Crippen LogP contribution in [0.1, 0.15) is 16.7 Å². The molecule has 22 aromatic rings. The highest BCUT2D eigenvalue weighted by Crippen LogP contribution is 2.45. The number of hydrogen-bond donors (Lipinski definition) is 0. The second-order valence-electron chi connectivity index (χ2n) is 31.3. The third-order valence-corrected chi connectivity index (χ3v) is 23.1. The maximum Gasteiger partial charge on any atom is 0.166 e. The summed E-state index contributed by atoms with van der Waals surface area (Å²) >= 11 is 0. The molecular formula is C110H68F4N14. The fraction of sp³-hybridized carbons (Fsp3) is 0.0182. The average Bonchev–Trinajstić information content (AvgIpc) is 1.55. The van der Waals surface area contributed by atoms with E-state index in [1.165, 1.54) is 18.2 Å². The molecule has 16 aromatic carbocycles. The van der Waals surface area contributed by atoms with Crippen LogP contribution in [0.3, 0.4) is 0 Å². The molecule has 0 atom stereocenters. The van der Waals surface area contributed by atoms with Crippen LogP contribution >= 0.6 is 0 Å². The highest BCUT2D eigenvalue weighted by Gasteiger charge is 2.28. The van der Waals surface area contributed by atoms with Crippen molar-refractivity contribution in [2.24, 2.45) is 0 Å². The molecule has 0 aliphatic heterocycles. The van der Waals surface area contributed by atoms with E-state index >= 15 is 13.2 Å². The lowest BCUT2D eigenvalue weighted by molar-refractivity contribution is 0.582. The molecule has 0 spiro atoms. The largest absolute Gasteiger partial charge is 0.309 e. The number of nitrogens with zero attached hydrogens (tertiary/aromatic N) is 14. The van der Waals surface area contributed by atoms with Crippen LogP contribution < -0.4 is 0 Å². The van der Waals surface area contributed by atoms with Gasteiger partial charge in [0.1, 0.15) is 23.3 Å². The van der Waals surface area contributed by atoms with Gasteiger partial charge in [-0.25, -0.2) is 77.4 Å². The van der Waals surface area contributed by atoms with Crippen molar-refractivity contribution in [2.45, 2.75) is 13.3 Å². The molecule has 22 rings (SSSR count). The van der Waals surface area contributed by atoms with E-state index in [0.29, 0.717) is 114 Å². The number of benzene rings is 16. The van der Waals surface area contributed by atoms with Crippen LogP contribution in [-0.4, -0.2) is 68.9 Å². The Morgan fingerprint density at radius 1 is 0.219 bits per heavy atom. The fourth-order valence-corrected chi connectivity index (χ4v) is 17.0. The molecule has 0 saturated carbocycles. The second kappa shape index (κ2) is 32.6. The van der Waals surface area contributed by atoms with Gasteiger partial charge in [0.25, 0.3) is 0 Å². The number of aryl methyl sites for hydroxylation is 1. The lowest BCUT2D eigenvalue weighted by atomic mass is 9.92. The SMILES string of the molecule is Cc1ccc2c3ccc(Cc4cc(F)cc(F)c4-c4ccc(-c5nc(-c6ccccc6)nc(-c6ccccc6)n5)c(-n5c6ccc(-c7nc(-c8ccccc8)nc(-c8ccccc8)n7)cc6c6cc(-c7nc(-c8ccccc8)nc(-c8ccccc8)n7)ccc65)c4)cc3n(-c3ccc(-c4ccc(F)cc4F)c(-c4nc(-c5ccccc5)nc(-c5ccccc5)n4)c3)c2c1. The van der Waals surface area contributed by atoms with Gasteiger partial charge in [0.05, 0.1) is 27.8 Å². The molecule has 0 aliphatic carbocycles. The molecule has 0 bridgehead atoms. The van der Waals surface area contributed by atoms with Gasteiger partial charge in [-0.2, -0.15) is 0 Å². The minimum atomic E-state index is -0.794. The Hall–Kier alpha value is -17.1. The third-order valence-electron chi connectivity index (χ3n) is 23.1. The Balaban J connectivity index is 0.756. The molecule has 0 aliphatic rings. The van der Waals surface area contributed by atoms with Crippen LogP contribution in [0.2, 0.25) is 0 Å². The standard InChI is InChI=1S/C110H68F4N14/c1-66-42-49-85-86-50-43-67(58-96(86)127(95(85)56-66)82-48-53-83(84-52-47-80(111)63-91(84)113)90(65-82)110-125-105(74-38-22-8-23-39-74)118-106(126-110)75-40-24-9-25-41-75)57-79-59-81(112)64-92(114)98(79)76-44-51-87(109-123-103(72-34-18-6-19-35-72)117-104(124-109)73-36-20-7-21-37-73)97(62-76)128-93-54-45-77(107-119-99(68-26-10-2-11-27-68)115-100(120-107)69-28-12-3-13-29-69)60-88(93)89-61-78(46-55-94(89)128)108-121-101(70-30-14-4-15-31-70)116-102(122-108)71-32-16-5-17-33-71/h2-56,58-65H,57H2,1H3. The van der Waals surface area contributed by atoms with Crippen LogP contribution in [0.15, 0.2) is 382 Å². The summed E-state index contributed by atoms with van der Waals surface area (Å²) in [6.45, 7) is 2.03. The fourth-order valence-electron chi connectivity index (χ4n) is 17.0. The number of rotatable bonds is 18. The Morgan fingerprint density at radius 2 is 0.570 bits per heavy atom. The van der Waals surface area contributed by atoms with Gasteiger partial charge in [-0.3, -0.25) is 0 Å². The minimum Gasteiger partial charge on any atom is -0.309 e. The van der Waals surface area contributed by atoms with Gasteiger partial charge < -0.3 is 9.13 Å². The number of hydrogen-bond acceptors (Lipinski definition) is 12. The lowest BCUT2D eigenvalue weighted by Crippen LogP contribution is -2.05. The maximum atomic E-state index is 18.3. The molecule has 0 radical (unpaired) electrons. The third kappa shape index (κ3) is 14.7. The molecule has 606 valence electrons. The average molecular weight is 1660 g/mol. The summed E-state index contributed by atoms with van der Waals surface area (Å²) in [6.07, 6.45) is 0.0420. The monoisotopic (exact) mass is 1660 g/mol. The van der Waals surface area contributed by atoms with Gasteiger partial charge in [0.15, 0.2) is 69.9 Å². The van der Waals surface area contributed by atoms with Crippen LogP contribution in [-0.2, 0) is 6.42 Å². The molecule has 6 aromatic heterocycles. The Labute approximate surface area is 731 Å². The first-order valence-electron chi connectivity index (χ1n) is 41.8. The molecule has 0 unspecified atom stereocenters. The van der Waals surface area contributed by atoms with Crippen molar-refractivity contribution in [1.29, 1.82) is 0 Å². The summed E-state index contributed by atoms with van der Waals surface area (Å²) in [7, 11) is 0. The molecule has 14 nitrogen and oxygen atoms in total. The van der Waals surface area contributed by atoms with Gasteiger partial charge in [0, 0.05) is 117 Å². The van der Waals surface area contributed by atoms with E-state index in [2.05, 4.69) is 57.7 Å². The molecule has 0 amide bonds. The lowest BCUT2D eigenvalue weighted by Gasteiger charge is -2.18. The zero-order chi connectivity index (χ0) is 85.9. The minimum absolute atomic E-state index is 0.0420. The number of fused-ring (bicyclic) bond motifs is 6.